The van der Waals surface area contributed by atoms with E-state index in [0.29, 0.717) is 31.9 Å². The Balaban J connectivity index is 1.63. The van der Waals surface area contributed by atoms with Gasteiger partial charge in [0.1, 0.15) is 5.69 Å². The van der Waals surface area contributed by atoms with E-state index in [1.165, 1.54) is 22.9 Å². The predicted octanol–water partition coefficient (Wildman–Crippen LogP) is 2.21. The van der Waals surface area contributed by atoms with Crippen molar-refractivity contribution < 1.29 is 14.5 Å². The van der Waals surface area contributed by atoms with E-state index in [2.05, 4.69) is 15.0 Å². The zero-order chi connectivity index (χ0) is 25.5. The summed E-state index contributed by atoms with van der Waals surface area (Å²) in [6, 6.07) is 11.0. The van der Waals surface area contributed by atoms with Crippen LogP contribution in [0.5, 0.6) is 0 Å². The SMILES string of the molecule is Cc1cc(=O)c(C(=O)N(CCCN2CCOCC2)Cc2ccncc2)nn1-c1ccccc1[N+](=O)[O-]. The molecule has 3 heterocycles. The number of pyridine rings is 1. The first-order valence-corrected chi connectivity index (χ1v) is 11.8. The number of amides is 1. The number of hydrogen-bond acceptors (Lipinski definition) is 8. The maximum atomic E-state index is 13.6. The Morgan fingerprint density at radius 3 is 2.61 bits per heavy atom. The number of morpholine rings is 1. The van der Waals surface area contributed by atoms with Gasteiger partial charge >= 0.3 is 0 Å². The first-order chi connectivity index (χ1) is 17.4. The number of nitro groups is 1. The van der Waals surface area contributed by atoms with Crippen molar-refractivity contribution >= 4 is 11.6 Å². The minimum absolute atomic E-state index is 0.172. The molecule has 0 saturated carbocycles. The summed E-state index contributed by atoms with van der Waals surface area (Å²) in [5, 5.41) is 15.9. The normalized spacial score (nSPS) is 13.9. The Morgan fingerprint density at radius 1 is 1.17 bits per heavy atom. The second-order valence-electron chi connectivity index (χ2n) is 8.55. The fraction of sp³-hybridized carbons (Fsp3) is 0.360. The second kappa shape index (κ2) is 11.6. The summed E-state index contributed by atoms with van der Waals surface area (Å²) in [6.45, 7) is 6.19. The third-order valence-electron chi connectivity index (χ3n) is 6.03. The van der Waals surface area contributed by atoms with Gasteiger partial charge in [0.25, 0.3) is 11.6 Å². The molecule has 4 rings (SSSR count). The molecule has 0 N–H and O–H groups in total. The summed E-state index contributed by atoms with van der Waals surface area (Å²) >= 11 is 0. The Labute approximate surface area is 208 Å². The van der Waals surface area contributed by atoms with Crippen molar-refractivity contribution in [3.8, 4) is 5.69 Å². The predicted molar refractivity (Wildman–Crippen MR) is 132 cm³/mol. The highest BCUT2D eigenvalue weighted by atomic mass is 16.6. The van der Waals surface area contributed by atoms with Crippen LogP contribution in [0.25, 0.3) is 5.69 Å². The molecule has 0 radical (unpaired) electrons. The first-order valence-electron chi connectivity index (χ1n) is 11.8. The summed E-state index contributed by atoms with van der Waals surface area (Å²) in [7, 11) is 0. The van der Waals surface area contributed by atoms with Crippen molar-refractivity contribution in [2.45, 2.75) is 19.9 Å². The van der Waals surface area contributed by atoms with E-state index >= 15 is 0 Å². The number of nitro benzene ring substituents is 1. The topological polar surface area (TPSA) is 124 Å². The third kappa shape index (κ3) is 5.99. The lowest BCUT2D eigenvalue weighted by Crippen LogP contribution is -2.40. The minimum Gasteiger partial charge on any atom is -0.379 e. The lowest BCUT2D eigenvalue weighted by molar-refractivity contribution is -0.384. The van der Waals surface area contributed by atoms with E-state index in [1.54, 1.807) is 36.4 Å². The number of aromatic nitrogens is 3. The van der Waals surface area contributed by atoms with Gasteiger partial charge in [0.15, 0.2) is 5.69 Å². The van der Waals surface area contributed by atoms with Crippen LogP contribution in [0.1, 0.15) is 28.2 Å². The average molecular weight is 493 g/mol. The van der Waals surface area contributed by atoms with Crippen molar-refractivity contribution in [3.63, 3.8) is 0 Å². The summed E-state index contributed by atoms with van der Waals surface area (Å²) in [4.78, 5) is 45.5. The number of carbonyl (C=O) groups excluding carboxylic acids is 1. The number of ether oxygens (including phenoxy) is 1. The molecule has 2 aromatic heterocycles. The highest BCUT2D eigenvalue weighted by Crippen LogP contribution is 2.22. The Morgan fingerprint density at radius 2 is 1.89 bits per heavy atom. The molecule has 1 aliphatic rings. The van der Waals surface area contributed by atoms with Crippen LogP contribution in [-0.2, 0) is 11.3 Å². The number of benzene rings is 1. The zero-order valence-corrected chi connectivity index (χ0v) is 20.1. The summed E-state index contributed by atoms with van der Waals surface area (Å²) in [6.07, 6.45) is 4.01. The standard InChI is InChI=1S/C25H28N6O5/c1-19-17-23(32)24(27-30(19)21-5-2-3-6-22(21)31(34)35)25(33)29(18-20-7-9-26-10-8-20)12-4-11-28-13-15-36-16-14-28/h2-3,5-10,17H,4,11-16,18H2,1H3. The molecule has 1 fully saturated rings. The van der Waals surface area contributed by atoms with Crippen LogP contribution in [0.4, 0.5) is 5.69 Å². The molecule has 1 aromatic carbocycles. The fourth-order valence-corrected chi connectivity index (χ4v) is 4.16. The number of carbonyl (C=O) groups is 1. The van der Waals surface area contributed by atoms with E-state index in [-0.39, 0.29) is 23.6 Å². The van der Waals surface area contributed by atoms with E-state index in [0.717, 1.165) is 25.2 Å². The molecular weight excluding hydrogens is 464 g/mol. The van der Waals surface area contributed by atoms with Crippen molar-refractivity contribution in [2.75, 3.05) is 39.4 Å². The molecule has 1 aliphatic heterocycles. The molecule has 0 spiro atoms. The second-order valence-corrected chi connectivity index (χ2v) is 8.55. The van der Waals surface area contributed by atoms with Crippen LogP contribution in [0.15, 0.2) is 59.7 Å². The molecule has 0 bridgehead atoms. The monoisotopic (exact) mass is 492 g/mol. The Hall–Kier alpha value is -3.96. The number of para-hydroxylation sites is 2. The fourth-order valence-electron chi connectivity index (χ4n) is 4.16. The van der Waals surface area contributed by atoms with Crippen LogP contribution in [0.3, 0.4) is 0 Å². The quantitative estimate of drug-likeness (QED) is 0.329. The van der Waals surface area contributed by atoms with Crippen LogP contribution < -0.4 is 5.43 Å². The molecular formula is C25H28N6O5. The van der Waals surface area contributed by atoms with Gasteiger partial charge in [-0.05, 0) is 37.1 Å². The minimum atomic E-state index is -0.528. The molecule has 0 unspecified atom stereocenters. The summed E-state index contributed by atoms with van der Waals surface area (Å²) < 4.78 is 6.68. The van der Waals surface area contributed by atoms with Crippen LogP contribution in [0.2, 0.25) is 0 Å². The van der Waals surface area contributed by atoms with E-state index in [9.17, 15) is 19.7 Å². The van der Waals surface area contributed by atoms with Gasteiger partial charge in [-0.2, -0.15) is 5.10 Å². The highest BCUT2D eigenvalue weighted by molar-refractivity contribution is 5.92. The van der Waals surface area contributed by atoms with Gasteiger partial charge in [0.2, 0.25) is 5.43 Å². The largest absolute Gasteiger partial charge is 0.379 e. The maximum Gasteiger partial charge on any atom is 0.294 e. The van der Waals surface area contributed by atoms with Gasteiger partial charge in [-0.15, -0.1) is 0 Å². The summed E-state index contributed by atoms with van der Waals surface area (Å²) in [5.41, 5.74) is 0.463. The third-order valence-corrected chi connectivity index (χ3v) is 6.03. The average Bonchev–Trinajstić information content (AvgIpc) is 2.89. The van der Waals surface area contributed by atoms with Crippen LogP contribution in [-0.4, -0.2) is 74.8 Å². The molecule has 36 heavy (non-hydrogen) atoms. The number of rotatable bonds is 9. The van der Waals surface area contributed by atoms with Gasteiger partial charge in [-0.25, -0.2) is 4.68 Å². The van der Waals surface area contributed by atoms with Crippen molar-refractivity contribution in [1.29, 1.82) is 0 Å². The Bertz CT molecular complexity index is 1270. The lowest BCUT2D eigenvalue weighted by Gasteiger charge is -2.28. The number of hydrogen-bond donors (Lipinski definition) is 0. The smallest absolute Gasteiger partial charge is 0.294 e. The van der Waals surface area contributed by atoms with E-state index in [4.69, 9.17) is 4.74 Å². The van der Waals surface area contributed by atoms with Crippen molar-refractivity contribution in [1.82, 2.24) is 24.6 Å². The molecule has 188 valence electrons. The van der Waals surface area contributed by atoms with Gasteiger partial charge < -0.3 is 9.64 Å². The molecule has 0 aliphatic carbocycles. The van der Waals surface area contributed by atoms with E-state index < -0.39 is 16.3 Å². The molecule has 1 saturated heterocycles. The van der Waals surface area contributed by atoms with Crippen LogP contribution >= 0.6 is 0 Å². The van der Waals surface area contributed by atoms with Gasteiger partial charge in [-0.1, -0.05) is 12.1 Å². The molecule has 11 nitrogen and oxygen atoms in total. The van der Waals surface area contributed by atoms with Gasteiger partial charge in [0, 0.05) is 62.9 Å². The molecule has 1 amide bonds. The molecule has 3 aromatic rings. The Kier molecular flexibility index (Phi) is 8.13. The number of aryl methyl sites for hydroxylation is 1. The van der Waals surface area contributed by atoms with Crippen molar-refractivity contribution in [3.05, 3.63) is 92.1 Å². The zero-order valence-electron chi connectivity index (χ0n) is 20.1. The van der Waals surface area contributed by atoms with Gasteiger partial charge in [0.05, 0.1) is 18.1 Å². The highest BCUT2D eigenvalue weighted by Gasteiger charge is 2.24. The number of nitrogens with zero attached hydrogens (tertiary/aromatic N) is 6. The molecule has 11 heteroatoms. The molecule has 0 atom stereocenters. The van der Waals surface area contributed by atoms with Crippen LogP contribution in [0, 0.1) is 17.0 Å². The first kappa shape index (κ1) is 25.1. The van der Waals surface area contributed by atoms with Gasteiger partial charge in [-0.3, -0.25) is 29.6 Å². The summed E-state index contributed by atoms with van der Waals surface area (Å²) in [5.74, 6) is -0.522. The lowest BCUT2D eigenvalue weighted by atomic mass is 10.2. The van der Waals surface area contributed by atoms with Crippen molar-refractivity contribution in [2.24, 2.45) is 0 Å². The van der Waals surface area contributed by atoms with E-state index in [1.807, 2.05) is 12.1 Å². The maximum absolute atomic E-state index is 13.6.